The van der Waals surface area contributed by atoms with Crippen molar-refractivity contribution in [1.82, 2.24) is 5.32 Å². The Bertz CT molecular complexity index is 371. The Morgan fingerprint density at radius 1 is 1.13 bits per heavy atom. The lowest BCUT2D eigenvalue weighted by Gasteiger charge is -2.08. The Balaban J connectivity index is 2.16. The standard InChI is InChI=1S/C14H17N/c1-15-11-12-7-9-14(10-8-12)13-5-3-2-4-6-13/h3,5-10,15H,2,4,11H2,1H3. The van der Waals surface area contributed by atoms with E-state index in [0.29, 0.717) is 0 Å². The number of benzene rings is 1. The van der Waals surface area contributed by atoms with Crippen molar-refractivity contribution in [3.05, 3.63) is 53.6 Å². The largest absolute Gasteiger partial charge is 0.316 e. The minimum Gasteiger partial charge on any atom is -0.316 e. The summed E-state index contributed by atoms with van der Waals surface area (Å²) >= 11 is 0. The van der Waals surface area contributed by atoms with Gasteiger partial charge in [-0.2, -0.15) is 0 Å². The Morgan fingerprint density at radius 2 is 1.93 bits per heavy atom. The Hall–Kier alpha value is -1.34. The van der Waals surface area contributed by atoms with Crippen LogP contribution in [0.5, 0.6) is 0 Å². The molecule has 15 heavy (non-hydrogen) atoms. The van der Waals surface area contributed by atoms with E-state index in [0.717, 1.165) is 6.54 Å². The van der Waals surface area contributed by atoms with Gasteiger partial charge in [-0.25, -0.2) is 0 Å². The van der Waals surface area contributed by atoms with Gasteiger partial charge >= 0.3 is 0 Å². The third-order valence-electron chi connectivity index (χ3n) is 2.66. The minimum atomic E-state index is 0.940. The lowest BCUT2D eigenvalue weighted by Crippen LogP contribution is -2.04. The third-order valence-corrected chi connectivity index (χ3v) is 2.66. The van der Waals surface area contributed by atoms with Crippen LogP contribution in [0.15, 0.2) is 42.5 Å². The maximum atomic E-state index is 3.15. The summed E-state index contributed by atoms with van der Waals surface area (Å²) in [5, 5.41) is 3.15. The van der Waals surface area contributed by atoms with Crippen LogP contribution in [-0.2, 0) is 6.54 Å². The fourth-order valence-corrected chi connectivity index (χ4v) is 1.85. The number of hydrogen-bond acceptors (Lipinski definition) is 1. The predicted octanol–water partition coefficient (Wildman–Crippen LogP) is 3.14. The van der Waals surface area contributed by atoms with E-state index >= 15 is 0 Å². The molecule has 0 aromatic heterocycles. The van der Waals surface area contributed by atoms with Crippen molar-refractivity contribution in [1.29, 1.82) is 0 Å². The van der Waals surface area contributed by atoms with Crippen molar-refractivity contribution < 1.29 is 0 Å². The zero-order valence-corrected chi connectivity index (χ0v) is 9.16. The van der Waals surface area contributed by atoms with Crippen molar-refractivity contribution in [3.63, 3.8) is 0 Å². The van der Waals surface area contributed by atoms with Crippen LogP contribution in [0, 0.1) is 0 Å². The van der Waals surface area contributed by atoms with Crippen LogP contribution >= 0.6 is 0 Å². The summed E-state index contributed by atoms with van der Waals surface area (Å²) in [6.07, 6.45) is 9.13. The molecule has 0 heterocycles. The van der Waals surface area contributed by atoms with Crippen molar-refractivity contribution in [2.24, 2.45) is 0 Å². The lowest BCUT2D eigenvalue weighted by molar-refractivity contribution is 0.818. The van der Waals surface area contributed by atoms with E-state index in [2.05, 4.69) is 47.8 Å². The average Bonchev–Trinajstić information content (AvgIpc) is 2.32. The predicted molar refractivity (Wildman–Crippen MR) is 65.6 cm³/mol. The molecule has 0 amide bonds. The van der Waals surface area contributed by atoms with E-state index in [4.69, 9.17) is 0 Å². The van der Waals surface area contributed by atoms with Crippen molar-refractivity contribution >= 4 is 5.57 Å². The van der Waals surface area contributed by atoms with E-state index in [9.17, 15) is 0 Å². The van der Waals surface area contributed by atoms with Gasteiger partial charge in [-0.1, -0.05) is 42.5 Å². The van der Waals surface area contributed by atoms with Gasteiger partial charge in [-0.3, -0.25) is 0 Å². The summed E-state index contributed by atoms with van der Waals surface area (Å²) in [5.41, 5.74) is 4.02. The molecule has 0 bridgehead atoms. The molecule has 0 aliphatic heterocycles. The molecule has 0 saturated heterocycles. The summed E-state index contributed by atoms with van der Waals surface area (Å²) in [5.74, 6) is 0. The first-order valence-corrected chi connectivity index (χ1v) is 5.51. The molecule has 1 aromatic rings. The van der Waals surface area contributed by atoms with E-state index < -0.39 is 0 Å². The summed E-state index contributed by atoms with van der Waals surface area (Å²) < 4.78 is 0. The molecule has 1 nitrogen and oxygen atoms in total. The molecule has 0 atom stereocenters. The minimum absolute atomic E-state index is 0.940. The molecule has 1 aliphatic carbocycles. The van der Waals surface area contributed by atoms with Crippen molar-refractivity contribution in [2.75, 3.05) is 7.05 Å². The van der Waals surface area contributed by atoms with Gasteiger partial charge in [-0.15, -0.1) is 0 Å². The van der Waals surface area contributed by atoms with E-state index in [1.54, 1.807) is 0 Å². The number of hydrogen-bond donors (Lipinski definition) is 1. The van der Waals surface area contributed by atoms with Gasteiger partial charge in [0.15, 0.2) is 0 Å². The fraction of sp³-hybridized carbons (Fsp3) is 0.286. The highest BCUT2D eigenvalue weighted by Crippen LogP contribution is 2.21. The van der Waals surface area contributed by atoms with Crippen LogP contribution in [0.1, 0.15) is 24.0 Å². The second-order valence-electron chi connectivity index (χ2n) is 3.87. The summed E-state index contributed by atoms with van der Waals surface area (Å²) in [6.45, 7) is 0.940. The maximum absolute atomic E-state index is 3.15. The summed E-state index contributed by atoms with van der Waals surface area (Å²) in [4.78, 5) is 0. The molecule has 78 valence electrons. The molecule has 0 radical (unpaired) electrons. The van der Waals surface area contributed by atoms with E-state index in [1.807, 2.05) is 7.05 Å². The normalized spacial score (nSPS) is 15.1. The van der Waals surface area contributed by atoms with Crippen molar-refractivity contribution in [3.8, 4) is 0 Å². The van der Waals surface area contributed by atoms with Crippen LogP contribution in [0.25, 0.3) is 5.57 Å². The van der Waals surface area contributed by atoms with Crippen LogP contribution in [0.3, 0.4) is 0 Å². The number of allylic oxidation sites excluding steroid dienone is 4. The monoisotopic (exact) mass is 199 g/mol. The van der Waals surface area contributed by atoms with Crippen LogP contribution in [0.4, 0.5) is 0 Å². The first-order chi connectivity index (χ1) is 7.40. The smallest absolute Gasteiger partial charge is 0.0202 e. The van der Waals surface area contributed by atoms with Gasteiger partial charge in [0.05, 0.1) is 0 Å². The zero-order chi connectivity index (χ0) is 10.5. The average molecular weight is 199 g/mol. The molecule has 1 N–H and O–H groups in total. The maximum Gasteiger partial charge on any atom is 0.0202 e. The molecular formula is C14H17N. The van der Waals surface area contributed by atoms with Gasteiger partial charge in [-0.05, 0) is 36.6 Å². The second-order valence-corrected chi connectivity index (χ2v) is 3.87. The molecule has 1 heteroatoms. The highest BCUT2D eigenvalue weighted by Gasteiger charge is 2.00. The number of rotatable bonds is 3. The lowest BCUT2D eigenvalue weighted by atomic mass is 9.99. The van der Waals surface area contributed by atoms with Crippen LogP contribution < -0.4 is 5.32 Å². The molecule has 0 spiro atoms. The first-order valence-electron chi connectivity index (χ1n) is 5.51. The molecule has 2 rings (SSSR count). The molecule has 1 aromatic carbocycles. The van der Waals surface area contributed by atoms with E-state index in [1.165, 1.54) is 29.5 Å². The molecule has 0 fully saturated rings. The summed E-state index contributed by atoms with van der Waals surface area (Å²) in [7, 11) is 1.97. The molecule has 1 aliphatic rings. The second kappa shape index (κ2) is 4.94. The topological polar surface area (TPSA) is 12.0 Å². The Morgan fingerprint density at radius 3 is 2.53 bits per heavy atom. The number of nitrogens with one attached hydrogen (secondary N) is 1. The van der Waals surface area contributed by atoms with Gasteiger partial charge in [0.25, 0.3) is 0 Å². The highest BCUT2D eigenvalue weighted by atomic mass is 14.8. The van der Waals surface area contributed by atoms with Crippen LogP contribution in [-0.4, -0.2) is 7.05 Å². The zero-order valence-electron chi connectivity index (χ0n) is 9.16. The quantitative estimate of drug-likeness (QED) is 0.788. The third kappa shape index (κ3) is 2.57. The molecular weight excluding hydrogens is 182 g/mol. The van der Waals surface area contributed by atoms with Crippen molar-refractivity contribution in [2.45, 2.75) is 19.4 Å². The van der Waals surface area contributed by atoms with Gasteiger partial charge in [0.2, 0.25) is 0 Å². The highest BCUT2D eigenvalue weighted by molar-refractivity contribution is 5.74. The molecule has 0 saturated carbocycles. The molecule has 0 unspecified atom stereocenters. The van der Waals surface area contributed by atoms with Gasteiger partial charge in [0.1, 0.15) is 0 Å². The van der Waals surface area contributed by atoms with Gasteiger partial charge < -0.3 is 5.32 Å². The Labute approximate surface area is 91.5 Å². The summed E-state index contributed by atoms with van der Waals surface area (Å²) in [6, 6.07) is 8.78. The SMILES string of the molecule is CNCc1ccc(C2=CCCC=C2)cc1. The first kappa shape index (κ1) is 10.2. The Kier molecular flexibility index (Phi) is 3.36. The van der Waals surface area contributed by atoms with Gasteiger partial charge in [0, 0.05) is 6.54 Å². The van der Waals surface area contributed by atoms with Crippen LogP contribution in [0.2, 0.25) is 0 Å². The van der Waals surface area contributed by atoms with E-state index in [-0.39, 0.29) is 0 Å². The fourth-order valence-electron chi connectivity index (χ4n) is 1.85.